The maximum Gasteiger partial charge on any atom is 0.221 e. The van der Waals surface area contributed by atoms with Gasteiger partial charge in [-0.05, 0) is 20.8 Å². The molecule has 0 N–H and O–H groups in total. The van der Waals surface area contributed by atoms with Crippen LogP contribution >= 0.6 is 11.6 Å². The number of hydrogen-bond acceptors (Lipinski definition) is 4. The number of aromatic nitrogens is 2. The maximum absolute atomic E-state index is 5.83. The summed E-state index contributed by atoms with van der Waals surface area (Å²) >= 11 is 5.83. The van der Waals surface area contributed by atoms with Crippen LogP contribution in [0.15, 0.2) is 6.33 Å². The van der Waals surface area contributed by atoms with Gasteiger partial charge in [-0.2, -0.15) is 0 Å². The van der Waals surface area contributed by atoms with E-state index in [1.54, 1.807) is 0 Å². The Labute approximate surface area is 102 Å². The molecular formula is C11H18ClN3O. The first-order valence-corrected chi connectivity index (χ1v) is 5.88. The van der Waals surface area contributed by atoms with Crippen LogP contribution in [0.25, 0.3) is 0 Å². The molecule has 4 nitrogen and oxygen atoms in total. The summed E-state index contributed by atoms with van der Waals surface area (Å²) in [5, 5.41) is 0. The fourth-order valence-corrected chi connectivity index (χ4v) is 1.58. The first kappa shape index (κ1) is 13.0. The molecule has 0 aliphatic heterocycles. The van der Waals surface area contributed by atoms with Crippen LogP contribution in [-0.2, 0) is 0 Å². The van der Waals surface area contributed by atoms with Gasteiger partial charge >= 0.3 is 0 Å². The van der Waals surface area contributed by atoms with Gasteiger partial charge in [0.1, 0.15) is 12.1 Å². The molecule has 0 fully saturated rings. The van der Waals surface area contributed by atoms with E-state index in [2.05, 4.69) is 16.9 Å². The van der Waals surface area contributed by atoms with Gasteiger partial charge in [0, 0.05) is 19.0 Å². The van der Waals surface area contributed by atoms with Crippen molar-refractivity contribution in [1.82, 2.24) is 9.97 Å². The lowest BCUT2D eigenvalue weighted by Gasteiger charge is -2.25. The molecule has 0 saturated heterocycles. The molecule has 0 amide bonds. The van der Waals surface area contributed by atoms with Crippen molar-refractivity contribution in [2.45, 2.75) is 26.8 Å². The van der Waals surface area contributed by atoms with E-state index in [0.717, 1.165) is 11.4 Å². The van der Waals surface area contributed by atoms with Gasteiger partial charge in [-0.3, -0.25) is 0 Å². The van der Waals surface area contributed by atoms with Crippen LogP contribution in [0.3, 0.4) is 0 Å². The lowest BCUT2D eigenvalue weighted by atomic mass is 10.2. The van der Waals surface area contributed by atoms with Crippen LogP contribution in [0.5, 0.6) is 5.88 Å². The van der Waals surface area contributed by atoms with E-state index < -0.39 is 0 Å². The van der Waals surface area contributed by atoms with Crippen LogP contribution in [0, 0.1) is 6.92 Å². The molecule has 5 heteroatoms. The molecule has 1 aromatic rings. The molecule has 0 aliphatic rings. The van der Waals surface area contributed by atoms with Crippen molar-refractivity contribution in [3.05, 3.63) is 11.9 Å². The largest absolute Gasteiger partial charge is 0.478 e. The van der Waals surface area contributed by atoms with E-state index >= 15 is 0 Å². The van der Waals surface area contributed by atoms with Crippen LogP contribution in [-0.4, -0.2) is 35.5 Å². The average Bonchev–Trinajstić information content (AvgIpc) is 2.30. The van der Waals surface area contributed by atoms with Gasteiger partial charge in [-0.15, -0.1) is 11.6 Å². The molecule has 16 heavy (non-hydrogen) atoms. The van der Waals surface area contributed by atoms with Crippen LogP contribution in [0.4, 0.5) is 5.82 Å². The number of rotatable bonds is 5. The Morgan fingerprint density at radius 3 is 2.75 bits per heavy atom. The average molecular weight is 244 g/mol. The molecule has 1 heterocycles. The van der Waals surface area contributed by atoms with E-state index in [1.807, 2.05) is 25.8 Å². The van der Waals surface area contributed by atoms with E-state index in [-0.39, 0.29) is 6.04 Å². The Balaban J connectivity index is 3.00. The third kappa shape index (κ3) is 2.76. The minimum absolute atomic E-state index is 0.227. The molecule has 1 aromatic heterocycles. The molecular weight excluding hydrogens is 226 g/mol. The topological polar surface area (TPSA) is 38.3 Å². The first-order valence-electron chi connectivity index (χ1n) is 5.35. The molecule has 1 unspecified atom stereocenters. The fraction of sp³-hybridized carbons (Fsp3) is 0.636. The number of hydrogen-bond donors (Lipinski definition) is 0. The predicted molar refractivity (Wildman–Crippen MR) is 66.5 cm³/mol. The van der Waals surface area contributed by atoms with Gasteiger partial charge in [0.05, 0.1) is 12.2 Å². The highest BCUT2D eigenvalue weighted by atomic mass is 35.5. The van der Waals surface area contributed by atoms with Gasteiger partial charge in [-0.25, -0.2) is 9.97 Å². The molecule has 0 aromatic carbocycles. The van der Waals surface area contributed by atoms with Crippen molar-refractivity contribution in [3.8, 4) is 5.88 Å². The standard InChI is InChI=1S/C11H18ClN3O/c1-5-16-11-9(3)10(13-7-14-11)15(4)8(2)6-12/h7-8H,5-6H2,1-4H3. The summed E-state index contributed by atoms with van der Waals surface area (Å²) in [7, 11) is 1.97. The van der Waals surface area contributed by atoms with Crippen molar-refractivity contribution in [1.29, 1.82) is 0 Å². The summed E-state index contributed by atoms with van der Waals surface area (Å²) in [4.78, 5) is 10.4. The lowest BCUT2D eigenvalue weighted by molar-refractivity contribution is 0.323. The number of nitrogens with zero attached hydrogens (tertiary/aromatic N) is 3. The molecule has 0 spiro atoms. The summed E-state index contributed by atoms with van der Waals surface area (Å²) in [5.74, 6) is 2.07. The van der Waals surface area contributed by atoms with Crippen molar-refractivity contribution in [2.24, 2.45) is 0 Å². The van der Waals surface area contributed by atoms with Crippen molar-refractivity contribution in [3.63, 3.8) is 0 Å². The van der Waals surface area contributed by atoms with Crippen molar-refractivity contribution >= 4 is 17.4 Å². The lowest BCUT2D eigenvalue weighted by Crippen LogP contribution is -2.31. The quantitative estimate of drug-likeness (QED) is 0.744. The highest BCUT2D eigenvalue weighted by molar-refractivity contribution is 6.18. The zero-order valence-electron chi connectivity index (χ0n) is 10.2. The number of anilines is 1. The fourth-order valence-electron chi connectivity index (χ4n) is 1.38. The van der Waals surface area contributed by atoms with Crippen LogP contribution in [0.2, 0.25) is 0 Å². The van der Waals surface area contributed by atoms with E-state index in [0.29, 0.717) is 18.4 Å². The Bertz CT molecular complexity index is 346. The second-order valence-corrected chi connectivity index (χ2v) is 3.98. The number of halogens is 1. The van der Waals surface area contributed by atoms with Crippen LogP contribution in [0.1, 0.15) is 19.4 Å². The molecule has 0 aliphatic carbocycles. The van der Waals surface area contributed by atoms with Gasteiger partial charge in [0.25, 0.3) is 0 Å². The minimum Gasteiger partial charge on any atom is -0.478 e. The SMILES string of the molecule is CCOc1ncnc(N(C)C(C)CCl)c1C. The number of ether oxygens (including phenoxy) is 1. The Morgan fingerprint density at radius 1 is 1.50 bits per heavy atom. The molecule has 0 radical (unpaired) electrons. The Morgan fingerprint density at radius 2 is 2.19 bits per heavy atom. The van der Waals surface area contributed by atoms with Gasteiger partial charge in [0.15, 0.2) is 0 Å². The summed E-state index contributed by atoms with van der Waals surface area (Å²) in [6.45, 7) is 6.55. The predicted octanol–water partition coefficient (Wildman–Crippen LogP) is 2.25. The molecule has 90 valence electrons. The summed E-state index contributed by atoms with van der Waals surface area (Å²) in [6.07, 6.45) is 1.52. The molecule has 1 rings (SSSR count). The molecule has 1 atom stereocenters. The van der Waals surface area contributed by atoms with Crippen molar-refractivity contribution < 1.29 is 4.74 Å². The summed E-state index contributed by atoms with van der Waals surface area (Å²) in [5.41, 5.74) is 0.948. The van der Waals surface area contributed by atoms with Gasteiger partial charge in [-0.1, -0.05) is 0 Å². The van der Waals surface area contributed by atoms with E-state index in [4.69, 9.17) is 16.3 Å². The summed E-state index contributed by atoms with van der Waals surface area (Å²) in [6, 6.07) is 0.227. The van der Waals surface area contributed by atoms with Crippen molar-refractivity contribution in [2.75, 3.05) is 24.4 Å². The molecule has 0 saturated carbocycles. The van der Waals surface area contributed by atoms with Gasteiger partial charge < -0.3 is 9.64 Å². The summed E-state index contributed by atoms with van der Waals surface area (Å²) < 4.78 is 5.43. The Hall–Kier alpha value is -1.03. The molecule has 0 bridgehead atoms. The highest BCUT2D eigenvalue weighted by Crippen LogP contribution is 2.24. The second-order valence-electron chi connectivity index (χ2n) is 3.67. The highest BCUT2D eigenvalue weighted by Gasteiger charge is 2.15. The maximum atomic E-state index is 5.83. The monoisotopic (exact) mass is 243 g/mol. The van der Waals surface area contributed by atoms with Crippen LogP contribution < -0.4 is 9.64 Å². The Kier molecular flexibility index (Phi) is 4.80. The third-order valence-corrected chi connectivity index (χ3v) is 2.96. The number of alkyl halides is 1. The van der Waals surface area contributed by atoms with Gasteiger partial charge in [0.2, 0.25) is 5.88 Å². The minimum atomic E-state index is 0.227. The smallest absolute Gasteiger partial charge is 0.221 e. The zero-order valence-corrected chi connectivity index (χ0v) is 11.0. The third-order valence-electron chi connectivity index (χ3n) is 2.51. The first-order chi connectivity index (χ1) is 7.61. The van der Waals surface area contributed by atoms with E-state index in [9.17, 15) is 0 Å². The second kappa shape index (κ2) is 5.89. The zero-order chi connectivity index (χ0) is 12.1. The van der Waals surface area contributed by atoms with E-state index in [1.165, 1.54) is 6.33 Å². The normalized spacial score (nSPS) is 12.3.